The molecule has 26 heavy (non-hydrogen) atoms. The van der Waals surface area contributed by atoms with Crippen molar-refractivity contribution in [2.45, 2.75) is 58.0 Å². The van der Waals surface area contributed by atoms with Crippen molar-refractivity contribution in [1.29, 1.82) is 0 Å². The van der Waals surface area contributed by atoms with Crippen LogP contribution >= 0.6 is 23.4 Å². The van der Waals surface area contributed by atoms with Gasteiger partial charge in [-0.2, -0.15) is 0 Å². The Morgan fingerprint density at radius 3 is 2.65 bits per heavy atom. The van der Waals surface area contributed by atoms with Crippen LogP contribution in [0.4, 0.5) is 0 Å². The van der Waals surface area contributed by atoms with E-state index >= 15 is 0 Å². The molecule has 8 heteroatoms. The fraction of sp³-hybridized carbons (Fsp3) is 0.500. The summed E-state index contributed by atoms with van der Waals surface area (Å²) < 4.78 is 7.86. The fourth-order valence-electron chi connectivity index (χ4n) is 2.61. The van der Waals surface area contributed by atoms with Gasteiger partial charge in [-0.15, -0.1) is 10.2 Å². The molecular weight excluding hydrogens is 372 g/mol. The van der Waals surface area contributed by atoms with Crippen molar-refractivity contribution >= 4 is 29.3 Å². The van der Waals surface area contributed by atoms with Crippen LogP contribution in [-0.2, 0) is 17.9 Å². The molecule has 0 atom stereocenters. The van der Waals surface area contributed by atoms with Crippen molar-refractivity contribution in [2.24, 2.45) is 0 Å². The van der Waals surface area contributed by atoms with E-state index in [2.05, 4.69) is 15.5 Å². The van der Waals surface area contributed by atoms with Gasteiger partial charge in [0.1, 0.15) is 12.4 Å². The number of benzene rings is 1. The monoisotopic (exact) mass is 394 g/mol. The molecule has 1 heterocycles. The molecular formula is C18H23ClN4O2S. The van der Waals surface area contributed by atoms with E-state index in [1.54, 1.807) is 0 Å². The number of amides is 1. The zero-order valence-electron chi connectivity index (χ0n) is 15.2. The third-order valence-corrected chi connectivity index (χ3v) is 5.73. The molecule has 0 bridgehead atoms. The van der Waals surface area contributed by atoms with Crippen LogP contribution < -0.4 is 10.1 Å². The fourth-order valence-corrected chi connectivity index (χ4v) is 3.56. The number of thioether (sulfide) groups is 1. The van der Waals surface area contributed by atoms with Crippen molar-refractivity contribution in [3.8, 4) is 5.75 Å². The smallest absolute Gasteiger partial charge is 0.230 e. The summed E-state index contributed by atoms with van der Waals surface area (Å²) in [5.74, 6) is 1.90. The molecule has 1 aliphatic rings. The van der Waals surface area contributed by atoms with Crippen LogP contribution in [0.25, 0.3) is 0 Å². The number of carbonyl (C=O) groups is 1. The van der Waals surface area contributed by atoms with Gasteiger partial charge in [-0.3, -0.25) is 4.79 Å². The molecule has 1 N–H and O–H groups in total. The van der Waals surface area contributed by atoms with E-state index in [1.807, 2.05) is 37.5 Å². The number of aryl methyl sites for hydroxylation is 2. The van der Waals surface area contributed by atoms with Crippen molar-refractivity contribution < 1.29 is 9.53 Å². The molecule has 0 aliphatic heterocycles. The highest BCUT2D eigenvalue weighted by Gasteiger charge is 2.23. The van der Waals surface area contributed by atoms with Crippen LogP contribution in [-0.4, -0.2) is 32.5 Å². The highest BCUT2D eigenvalue weighted by atomic mass is 35.5. The van der Waals surface area contributed by atoms with Gasteiger partial charge >= 0.3 is 0 Å². The summed E-state index contributed by atoms with van der Waals surface area (Å²) in [6, 6.07) is 4.21. The minimum absolute atomic E-state index is 0.0491. The van der Waals surface area contributed by atoms with Gasteiger partial charge in [0.25, 0.3) is 0 Å². The second-order valence-electron chi connectivity index (χ2n) is 6.43. The molecule has 1 fully saturated rings. The van der Waals surface area contributed by atoms with Crippen LogP contribution in [0.3, 0.4) is 0 Å². The number of rotatable bonds is 8. The van der Waals surface area contributed by atoms with E-state index in [9.17, 15) is 4.79 Å². The number of nitrogens with zero attached hydrogens (tertiary/aromatic N) is 3. The average Bonchev–Trinajstić information content (AvgIpc) is 3.33. The maximum atomic E-state index is 11.9. The van der Waals surface area contributed by atoms with Gasteiger partial charge in [-0.1, -0.05) is 23.4 Å². The second-order valence-corrected chi connectivity index (χ2v) is 7.75. The maximum Gasteiger partial charge on any atom is 0.230 e. The second kappa shape index (κ2) is 8.31. The first kappa shape index (κ1) is 19.0. The Morgan fingerprint density at radius 2 is 2.04 bits per heavy atom. The average molecular weight is 395 g/mol. The molecule has 140 valence electrons. The lowest BCUT2D eigenvalue weighted by atomic mass is 10.1. The number of hydrogen-bond acceptors (Lipinski definition) is 5. The van der Waals surface area contributed by atoms with Crippen molar-refractivity contribution in [2.75, 3.05) is 5.75 Å². The molecule has 0 radical (unpaired) electrons. The molecule has 2 aromatic rings. The highest BCUT2D eigenvalue weighted by Crippen LogP contribution is 2.26. The lowest BCUT2D eigenvalue weighted by Gasteiger charge is -2.11. The summed E-state index contributed by atoms with van der Waals surface area (Å²) in [4.78, 5) is 11.9. The van der Waals surface area contributed by atoms with Gasteiger partial charge in [0.05, 0.1) is 5.75 Å². The van der Waals surface area contributed by atoms with Crippen LogP contribution in [0, 0.1) is 13.8 Å². The Morgan fingerprint density at radius 1 is 1.35 bits per heavy atom. The molecule has 3 rings (SSSR count). The molecule has 1 aromatic carbocycles. The lowest BCUT2D eigenvalue weighted by Crippen LogP contribution is -2.27. The molecule has 1 aliphatic carbocycles. The molecule has 0 spiro atoms. The summed E-state index contributed by atoms with van der Waals surface area (Å²) in [5, 5.41) is 12.9. The summed E-state index contributed by atoms with van der Waals surface area (Å²) in [6.07, 6.45) is 2.18. The lowest BCUT2D eigenvalue weighted by molar-refractivity contribution is -0.118. The number of ether oxygens (including phenoxy) is 1. The quantitative estimate of drug-likeness (QED) is 0.694. The Labute approximate surface area is 162 Å². The van der Waals surface area contributed by atoms with E-state index in [0.717, 1.165) is 52.3 Å². The predicted molar refractivity (Wildman–Crippen MR) is 103 cm³/mol. The predicted octanol–water partition coefficient (Wildman–Crippen LogP) is 3.52. The largest absolute Gasteiger partial charge is 0.486 e. The van der Waals surface area contributed by atoms with Crippen LogP contribution in [0.15, 0.2) is 17.3 Å². The summed E-state index contributed by atoms with van der Waals surface area (Å²) >= 11 is 7.60. The SMILES string of the molecule is CCn1c(COc2cc(C)c(Cl)c(C)c2)nnc1SCC(=O)NC1CC1. The summed E-state index contributed by atoms with van der Waals surface area (Å²) in [6.45, 7) is 6.97. The Hall–Kier alpha value is -1.73. The van der Waals surface area contributed by atoms with E-state index in [0.29, 0.717) is 18.4 Å². The third-order valence-electron chi connectivity index (χ3n) is 4.16. The number of halogens is 1. The van der Waals surface area contributed by atoms with Gasteiger partial charge in [-0.05, 0) is 56.9 Å². The molecule has 6 nitrogen and oxygen atoms in total. The van der Waals surface area contributed by atoms with E-state index in [1.165, 1.54) is 11.8 Å². The standard InChI is InChI=1S/C18H23ClN4O2S/c1-4-23-15(9-25-14-7-11(2)17(19)12(3)8-14)21-22-18(23)26-10-16(24)20-13-5-6-13/h7-8,13H,4-6,9-10H2,1-3H3,(H,20,24). The topological polar surface area (TPSA) is 69.0 Å². The Balaban J connectivity index is 1.61. The number of hydrogen-bond donors (Lipinski definition) is 1. The molecule has 1 saturated carbocycles. The first-order valence-electron chi connectivity index (χ1n) is 8.71. The van der Waals surface area contributed by atoms with Crippen LogP contribution in [0.2, 0.25) is 5.02 Å². The molecule has 1 aromatic heterocycles. The van der Waals surface area contributed by atoms with Gasteiger partial charge < -0.3 is 14.6 Å². The first-order chi connectivity index (χ1) is 12.5. The van der Waals surface area contributed by atoms with Crippen molar-refractivity contribution in [3.05, 3.63) is 34.1 Å². The number of nitrogens with one attached hydrogen (secondary N) is 1. The number of carbonyl (C=O) groups excluding carboxylic acids is 1. The van der Waals surface area contributed by atoms with Crippen LogP contribution in [0.1, 0.15) is 36.7 Å². The Kier molecular flexibility index (Phi) is 6.09. The van der Waals surface area contributed by atoms with Crippen molar-refractivity contribution in [3.63, 3.8) is 0 Å². The van der Waals surface area contributed by atoms with E-state index in [-0.39, 0.29) is 5.91 Å². The zero-order chi connectivity index (χ0) is 18.7. The molecule has 0 unspecified atom stereocenters. The molecule has 0 saturated heterocycles. The number of aromatic nitrogens is 3. The highest BCUT2D eigenvalue weighted by molar-refractivity contribution is 7.99. The summed E-state index contributed by atoms with van der Waals surface area (Å²) in [7, 11) is 0. The Bertz CT molecular complexity index is 781. The van der Waals surface area contributed by atoms with Gasteiger partial charge in [0.2, 0.25) is 5.91 Å². The van der Waals surface area contributed by atoms with Gasteiger partial charge in [0, 0.05) is 17.6 Å². The van der Waals surface area contributed by atoms with Gasteiger partial charge in [0.15, 0.2) is 11.0 Å². The third kappa shape index (κ3) is 4.71. The first-order valence-corrected chi connectivity index (χ1v) is 10.1. The minimum atomic E-state index is 0.0491. The van der Waals surface area contributed by atoms with Gasteiger partial charge in [-0.25, -0.2) is 0 Å². The summed E-state index contributed by atoms with van der Waals surface area (Å²) in [5.41, 5.74) is 1.97. The minimum Gasteiger partial charge on any atom is -0.486 e. The normalized spacial score (nSPS) is 13.7. The van der Waals surface area contributed by atoms with E-state index in [4.69, 9.17) is 16.3 Å². The zero-order valence-corrected chi connectivity index (χ0v) is 16.8. The van der Waals surface area contributed by atoms with E-state index < -0.39 is 0 Å². The maximum absolute atomic E-state index is 11.9. The van der Waals surface area contributed by atoms with Crippen molar-refractivity contribution in [1.82, 2.24) is 20.1 Å². The molecule has 1 amide bonds. The van der Waals surface area contributed by atoms with Crippen LogP contribution in [0.5, 0.6) is 5.75 Å².